The van der Waals surface area contributed by atoms with Crippen molar-refractivity contribution in [1.29, 1.82) is 0 Å². The van der Waals surface area contributed by atoms with E-state index in [4.69, 9.17) is 22.5 Å². The van der Waals surface area contributed by atoms with E-state index in [1.807, 2.05) is 0 Å². The molecule has 11 heavy (non-hydrogen) atoms. The van der Waals surface area contributed by atoms with E-state index in [1.165, 1.54) is 0 Å². The molecule has 0 radical (unpaired) electrons. The molecular formula is C7H7ClN2O. The Balaban J connectivity index is 3.14. The Labute approximate surface area is 69.1 Å². The smallest absolute Gasteiger partial charge is 0.171 e. The van der Waals surface area contributed by atoms with Crippen LogP contribution in [0.1, 0.15) is 5.56 Å². The van der Waals surface area contributed by atoms with Gasteiger partial charge in [-0.1, -0.05) is 28.9 Å². The number of benzene rings is 1. The quantitative estimate of drug-likeness (QED) is 0.290. The predicted octanol–water partition coefficient (Wildman–Crippen LogP) is 1.43. The highest BCUT2D eigenvalue weighted by atomic mass is 35.5. The molecule has 0 fully saturated rings. The third-order valence-corrected chi connectivity index (χ3v) is 1.59. The maximum Gasteiger partial charge on any atom is 0.171 e. The van der Waals surface area contributed by atoms with Crippen molar-refractivity contribution in [3.8, 4) is 0 Å². The normalized spacial score (nSPS) is 11.5. The first-order valence-corrected chi connectivity index (χ1v) is 3.36. The van der Waals surface area contributed by atoms with Gasteiger partial charge in [0.05, 0.1) is 5.02 Å². The van der Waals surface area contributed by atoms with Crippen molar-refractivity contribution >= 4 is 17.4 Å². The Morgan fingerprint density at radius 3 is 2.64 bits per heavy atom. The lowest BCUT2D eigenvalue weighted by atomic mass is 10.2. The lowest BCUT2D eigenvalue weighted by molar-refractivity contribution is 0.318. The van der Waals surface area contributed by atoms with E-state index in [2.05, 4.69) is 5.16 Å². The minimum absolute atomic E-state index is 0.0237. The summed E-state index contributed by atoms with van der Waals surface area (Å²) in [5.41, 5.74) is 5.85. The Hall–Kier alpha value is -1.22. The Kier molecular flexibility index (Phi) is 2.33. The van der Waals surface area contributed by atoms with Gasteiger partial charge >= 0.3 is 0 Å². The van der Waals surface area contributed by atoms with Gasteiger partial charge in [-0.2, -0.15) is 0 Å². The molecule has 0 spiro atoms. The highest BCUT2D eigenvalue weighted by Crippen LogP contribution is 2.13. The standard InChI is InChI=1S/C7H7ClN2O/c8-6-4-2-1-3-5(6)7(9)10-11/h1-4,11H,(H2,9,10). The van der Waals surface area contributed by atoms with Crippen LogP contribution in [-0.4, -0.2) is 11.0 Å². The van der Waals surface area contributed by atoms with Gasteiger partial charge in [-0.25, -0.2) is 0 Å². The molecule has 1 rings (SSSR count). The van der Waals surface area contributed by atoms with Crippen molar-refractivity contribution in [2.24, 2.45) is 10.9 Å². The van der Waals surface area contributed by atoms with Gasteiger partial charge in [0.1, 0.15) is 0 Å². The van der Waals surface area contributed by atoms with Crippen molar-refractivity contribution in [2.45, 2.75) is 0 Å². The first-order valence-electron chi connectivity index (χ1n) is 2.98. The highest BCUT2D eigenvalue weighted by molar-refractivity contribution is 6.34. The van der Waals surface area contributed by atoms with Crippen LogP contribution in [0, 0.1) is 0 Å². The van der Waals surface area contributed by atoms with E-state index in [0.29, 0.717) is 10.6 Å². The van der Waals surface area contributed by atoms with Crippen LogP contribution in [0.4, 0.5) is 0 Å². The van der Waals surface area contributed by atoms with Crippen LogP contribution in [0.15, 0.2) is 29.4 Å². The highest BCUT2D eigenvalue weighted by Gasteiger charge is 2.01. The molecule has 0 aromatic heterocycles. The van der Waals surface area contributed by atoms with Gasteiger partial charge in [0, 0.05) is 5.56 Å². The van der Waals surface area contributed by atoms with Gasteiger partial charge in [0.15, 0.2) is 5.84 Å². The van der Waals surface area contributed by atoms with Crippen LogP contribution in [0.5, 0.6) is 0 Å². The predicted molar refractivity (Wildman–Crippen MR) is 44.0 cm³/mol. The zero-order valence-corrected chi connectivity index (χ0v) is 6.42. The van der Waals surface area contributed by atoms with E-state index in [-0.39, 0.29) is 5.84 Å². The van der Waals surface area contributed by atoms with Crippen molar-refractivity contribution in [1.82, 2.24) is 0 Å². The van der Waals surface area contributed by atoms with E-state index in [0.717, 1.165) is 0 Å². The van der Waals surface area contributed by atoms with Crippen molar-refractivity contribution in [2.75, 3.05) is 0 Å². The Bertz CT molecular complexity index is 286. The Morgan fingerprint density at radius 1 is 1.45 bits per heavy atom. The van der Waals surface area contributed by atoms with Crippen LogP contribution in [0.25, 0.3) is 0 Å². The second-order valence-corrected chi connectivity index (χ2v) is 2.37. The van der Waals surface area contributed by atoms with E-state index >= 15 is 0 Å². The number of halogens is 1. The lowest BCUT2D eigenvalue weighted by Crippen LogP contribution is -2.13. The molecule has 0 amide bonds. The maximum absolute atomic E-state index is 8.32. The molecule has 0 atom stereocenters. The molecule has 1 aromatic rings. The number of hydrogen-bond donors (Lipinski definition) is 2. The fraction of sp³-hybridized carbons (Fsp3) is 0. The number of hydrogen-bond acceptors (Lipinski definition) is 2. The van der Waals surface area contributed by atoms with Crippen LogP contribution in [-0.2, 0) is 0 Å². The molecule has 3 N–H and O–H groups in total. The van der Waals surface area contributed by atoms with Gasteiger partial charge in [0.2, 0.25) is 0 Å². The average Bonchev–Trinajstić information content (AvgIpc) is 2.04. The summed E-state index contributed by atoms with van der Waals surface area (Å²) in [6.07, 6.45) is 0. The third kappa shape index (κ3) is 1.62. The SMILES string of the molecule is N/C(=N/O)c1ccccc1Cl. The molecule has 4 heteroatoms. The van der Waals surface area contributed by atoms with Gasteiger partial charge in [-0.3, -0.25) is 0 Å². The minimum atomic E-state index is 0.0237. The molecule has 0 saturated carbocycles. The molecule has 0 aliphatic rings. The summed E-state index contributed by atoms with van der Waals surface area (Å²) in [6.45, 7) is 0. The molecule has 0 aliphatic carbocycles. The van der Waals surface area contributed by atoms with Crippen LogP contribution < -0.4 is 5.73 Å². The minimum Gasteiger partial charge on any atom is -0.409 e. The molecule has 0 saturated heterocycles. The van der Waals surface area contributed by atoms with Crippen LogP contribution in [0.2, 0.25) is 5.02 Å². The number of nitrogens with two attached hydrogens (primary N) is 1. The zero-order chi connectivity index (χ0) is 8.27. The largest absolute Gasteiger partial charge is 0.409 e. The molecule has 0 aliphatic heterocycles. The van der Waals surface area contributed by atoms with Crippen molar-refractivity contribution in [3.05, 3.63) is 34.9 Å². The van der Waals surface area contributed by atoms with Crippen LogP contribution >= 0.6 is 11.6 Å². The molecule has 0 heterocycles. The van der Waals surface area contributed by atoms with Gasteiger partial charge in [-0.05, 0) is 12.1 Å². The number of rotatable bonds is 1. The number of amidine groups is 1. The fourth-order valence-corrected chi connectivity index (χ4v) is 0.955. The van der Waals surface area contributed by atoms with Crippen molar-refractivity contribution in [3.63, 3.8) is 0 Å². The first kappa shape index (κ1) is 7.88. The summed E-state index contributed by atoms with van der Waals surface area (Å²) in [5.74, 6) is 0.0237. The second kappa shape index (κ2) is 3.25. The van der Waals surface area contributed by atoms with Gasteiger partial charge in [-0.15, -0.1) is 0 Å². The third-order valence-electron chi connectivity index (χ3n) is 1.26. The lowest BCUT2D eigenvalue weighted by Gasteiger charge is -1.99. The topological polar surface area (TPSA) is 58.6 Å². The fourth-order valence-electron chi connectivity index (χ4n) is 0.723. The summed E-state index contributed by atoms with van der Waals surface area (Å²) in [4.78, 5) is 0. The molecule has 58 valence electrons. The maximum atomic E-state index is 8.32. The van der Waals surface area contributed by atoms with E-state index in [9.17, 15) is 0 Å². The summed E-state index contributed by atoms with van der Waals surface area (Å²) in [7, 11) is 0. The average molecular weight is 171 g/mol. The Morgan fingerprint density at radius 2 is 2.09 bits per heavy atom. The number of nitrogens with zero attached hydrogens (tertiary/aromatic N) is 1. The molecule has 3 nitrogen and oxygen atoms in total. The summed E-state index contributed by atoms with van der Waals surface area (Å²) < 4.78 is 0. The molecule has 0 bridgehead atoms. The van der Waals surface area contributed by atoms with Gasteiger partial charge < -0.3 is 10.9 Å². The second-order valence-electron chi connectivity index (χ2n) is 1.97. The monoisotopic (exact) mass is 170 g/mol. The van der Waals surface area contributed by atoms with Gasteiger partial charge in [0.25, 0.3) is 0 Å². The van der Waals surface area contributed by atoms with E-state index < -0.39 is 0 Å². The zero-order valence-electron chi connectivity index (χ0n) is 5.66. The summed E-state index contributed by atoms with van der Waals surface area (Å²) in [5, 5.41) is 11.6. The van der Waals surface area contributed by atoms with Crippen LogP contribution in [0.3, 0.4) is 0 Å². The molecule has 1 aromatic carbocycles. The summed E-state index contributed by atoms with van der Waals surface area (Å²) in [6, 6.07) is 6.89. The summed E-state index contributed by atoms with van der Waals surface area (Å²) >= 11 is 5.73. The molecule has 0 unspecified atom stereocenters. The van der Waals surface area contributed by atoms with E-state index in [1.54, 1.807) is 24.3 Å². The van der Waals surface area contributed by atoms with Crippen molar-refractivity contribution < 1.29 is 5.21 Å². The first-order chi connectivity index (χ1) is 5.25. The number of oxime groups is 1. The molecular weight excluding hydrogens is 164 g/mol.